The summed E-state index contributed by atoms with van der Waals surface area (Å²) in [7, 11) is 0. The molecule has 4 N–H and O–H groups in total. The van der Waals surface area contributed by atoms with Crippen LogP contribution < -0.4 is 5.43 Å². The molecule has 5 atom stereocenters. The number of fused-ring (bicyclic) bond motifs is 1. The first-order chi connectivity index (χ1) is 15.7. The van der Waals surface area contributed by atoms with Crippen LogP contribution in [0, 0.1) is 6.92 Å². The average molecular weight is 456 g/mol. The Balaban J connectivity index is 1.74. The molecule has 10 heteroatoms. The van der Waals surface area contributed by atoms with Crippen molar-refractivity contribution in [1.82, 2.24) is 0 Å². The zero-order chi connectivity index (χ0) is 23.9. The van der Waals surface area contributed by atoms with Crippen LogP contribution in [0.4, 0.5) is 0 Å². The average Bonchev–Trinajstić information content (AvgIpc) is 2.81. The highest BCUT2D eigenvalue weighted by Crippen LogP contribution is 2.29. The standard InChI is InChI=1S/C23H20O10/c1-10-14(24)12-8-5-9-13(19(12)31-18(10)11-6-3-2-4-7-11)22(30)33-23-17(27)15(25)16(26)20(32-23)21(28)29/h2-9,15-17,20,23,25-27H,1H3,(H,28,29)/t15-,16+,17-,20+,23+/m1/s1. The summed E-state index contributed by atoms with van der Waals surface area (Å²) < 4.78 is 16.0. The monoisotopic (exact) mass is 456 g/mol. The number of aliphatic hydroxyl groups excluding tert-OH is 3. The molecule has 0 aliphatic carbocycles. The molecule has 3 aromatic rings. The van der Waals surface area contributed by atoms with Crippen LogP contribution in [-0.2, 0) is 14.3 Å². The van der Waals surface area contributed by atoms with Crippen LogP contribution in [0.5, 0.6) is 0 Å². The summed E-state index contributed by atoms with van der Waals surface area (Å²) in [5.74, 6) is -2.45. The third-order valence-corrected chi connectivity index (χ3v) is 5.44. The van der Waals surface area contributed by atoms with E-state index < -0.39 is 42.6 Å². The molecule has 1 fully saturated rings. The Hall–Kier alpha value is -3.57. The first-order valence-corrected chi connectivity index (χ1v) is 9.96. The highest BCUT2D eigenvalue weighted by atomic mass is 16.7. The first kappa shape index (κ1) is 22.6. The molecule has 1 aliphatic rings. The van der Waals surface area contributed by atoms with E-state index in [0.29, 0.717) is 11.1 Å². The van der Waals surface area contributed by atoms with E-state index in [9.17, 15) is 29.7 Å². The number of rotatable bonds is 4. The van der Waals surface area contributed by atoms with Crippen molar-refractivity contribution in [2.75, 3.05) is 0 Å². The molecule has 0 unspecified atom stereocenters. The van der Waals surface area contributed by atoms with Gasteiger partial charge in [-0.2, -0.15) is 0 Å². The largest absolute Gasteiger partial charge is 0.479 e. The number of hydrogen-bond acceptors (Lipinski definition) is 9. The lowest BCUT2D eigenvalue weighted by atomic mass is 9.99. The third kappa shape index (κ3) is 4.00. The molecular formula is C23H20O10. The van der Waals surface area contributed by atoms with Gasteiger partial charge in [-0.1, -0.05) is 36.4 Å². The molecule has 0 saturated carbocycles. The number of hydrogen-bond donors (Lipinski definition) is 4. The second-order valence-electron chi connectivity index (χ2n) is 7.57. The van der Waals surface area contributed by atoms with Crippen LogP contribution in [0.3, 0.4) is 0 Å². The fourth-order valence-electron chi connectivity index (χ4n) is 3.65. The Morgan fingerprint density at radius 1 is 0.939 bits per heavy atom. The number of aliphatic carboxylic acids is 1. The lowest BCUT2D eigenvalue weighted by Crippen LogP contribution is -2.60. The van der Waals surface area contributed by atoms with E-state index >= 15 is 0 Å². The zero-order valence-electron chi connectivity index (χ0n) is 17.2. The van der Waals surface area contributed by atoms with Gasteiger partial charge in [0.15, 0.2) is 17.1 Å². The van der Waals surface area contributed by atoms with E-state index in [0.717, 1.165) is 0 Å². The fourth-order valence-corrected chi connectivity index (χ4v) is 3.65. The minimum Gasteiger partial charge on any atom is -0.479 e. The lowest BCUT2D eigenvalue weighted by Gasteiger charge is -2.37. The second-order valence-corrected chi connectivity index (χ2v) is 7.57. The van der Waals surface area contributed by atoms with Crippen molar-refractivity contribution >= 4 is 22.9 Å². The molecule has 0 spiro atoms. The summed E-state index contributed by atoms with van der Waals surface area (Å²) in [6, 6.07) is 13.0. The molecule has 0 amide bonds. The molecule has 2 aromatic carbocycles. The number of carboxylic acids is 1. The van der Waals surface area contributed by atoms with Crippen LogP contribution in [0.25, 0.3) is 22.3 Å². The summed E-state index contributed by atoms with van der Waals surface area (Å²) >= 11 is 0. The second kappa shape index (κ2) is 8.75. The molecule has 1 aliphatic heterocycles. The van der Waals surface area contributed by atoms with E-state index in [4.69, 9.17) is 19.0 Å². The summed E-state index contributed by atoms with van der Waals surface area (Å²) in [6.07, 6.45) is -9.60. The summed E-state index contributed by atoms with van der Waals surface area (Å²) in [5.41, 5.74) is 0.349. The van der Waals surface area contributed by atoms with Gasteiger partial charge < -0.3 is 34.3 Å². The first-order valence-electron chi connectivity index (χ1n) is 9.96. The van der Waals surface area contributed by atoms with Gasteiger partial charge in [0, 0.05) is 11.1 Å². The predicted molar refractivity (Wildman–Crippen MR) is 112 cm³/mol. The minimum atomic E-state index is -1.93. The van der Waals surface area contributed by atoms with E-state index in [-0.39, 0.29) is 27.7 Å². The van der Waals surface area contributed by atoms with Gasteiger partial charge in [-0.05, 0) is 19.1 Å². The Bertz CT molecular complexity index is 1270. The smallest absolute Gasteiger partial charge is 0.344 e. The molecule has 1 saturated heterocycles. The number of carbonyl (C=O) groups excluding carboxylic acids is 1. The van der Waals surface area contributed by atoms with Crippen molar-refractivity contribution in [1.29, 1.82) is 0 Å². The number of carbonyl (C=O) groups is 2. The lowest BCUT2D eigenvalue weighted by molar-refractivity contribution is -0.278. The van der Waals surface area contributed by atoms with Gasteiger partial charge in [0.05, 0.1) is 5.39 Å². The molecule has 2 heterocycles. The maximum atomic E-state index is 12.9. The highest BCUT2D eigenvalue weighted by Gasteiger charge is 2.48. The number of ether oxygens (including phenoxy) is 2. The van der Waals surface area contributed by atoms with Gasteiger partial charge in [0.2, 0.25) is 6.29 Å². The van der Waals surface area contributed by atoms with E-state index in [2.05, 4.69) is 0 Å². The predicted octanol–water partition coefficient (Wildman–Crippen LogP) is 0.817. The van der Waals surface area contributed by atoms with E-state index in [1.807, 2.05) is 0 Å². The molecular weight excluding hydrogens is 436 g/mol. The number of para-hydroxylation sites is 1. The van der Waals surface area contributed by atoms with Crippen LogP contribution in [0.2, 0.25) is 0 Å². The Labute approximate surface area is 186 Å². The van der Waals surface area contributed by atoms with Crippen LogP contribution in [0.1, 0.15) is 15.9 Å². The van der Waals surface area contributed by atoms with Crippen LogP contribution in [-0.4, -0.2) is 63.1 Å². The van der Waals surface area contributed by atoms with Gasteiger partial charge in [0.1, 0.15) is 29.6 Å². The Kier molecular flexibility index (Phi) is 6.00. The SMILES string of the molecule is Cc1c(-c2ccccc2)oc2c(C(=O)O[C@@H]3O[C@H](C(=O)O)[C@@H](O)[C@@H](O)[C@H]3O)cccc2c1=O. The van der Waals surface area contributed by atoms with Gasteiger partial charge in [-0.3, -0.25) is 4.79 Å². The Morgan fingerprint density at radius 3 is 2.30 bits per heavy atom. The van der Waals surface area contributed by atoms with Gasteiger partial charge in [-0.25, -0.2) is 9.59 Å². The molecule has 10 nitrogen and oxygen atoms in total. The highest BCUT2D eigenvalue weighted by molar-refractivity contribution is 6.02. The summed E-state index contributed by atoms with van der Waals surface area (Å²) in [4.78, 5) is 37.1. The number of aliphatic hydroxyl groups is 3. The third-order valence-electron chi connectivity index (χ3n) is 5.44. The van der Waals surface area contributed by atoms with Crippen LogP contribution >= 0.6 is 0 Å². The van der Waals surface area contributed by atoms with Crippen molar-refractivity contribution in [2.24, 2.45) is 0 Å². The van der Waals surface area contributed by atoms with Gasteiger partial charge in [0.25, 0.3) is 0 Å². The summed E-state index contributed by atoms with van der Waals surface area (Å²) in [5, 5.41) is 39.1. The van der Waals surface area contributed by atoms with Crippen LogP contribution in [0.15, 0.2) is 57.7 Å². The quantitative estimate of drug-likeness (QED) is 0.413. The molecule has 33 heavy (non-hydrogen) atoms. The number of carboxylic acid groups (broad SMARTS) is 1. The van der Waals surface area contributed by atoms with Crippen molar-refractivity contribution in [2.45, 2.75) is 37.6 Å². The molecule has 172 valence electrons. The topological polar surface area (TPSA) is 164 Å². The number of benzene rings is 2. The van der Waals surface area contributed by atoms with Crippen molar-refractivity contribution < 1.29 is 43.9 Å². The summed E-state index contributed by atoms with van der Waals surface area (Å²) in [6.45, 7) is 1.60. The normalized spacial score (nSPS) is 25.0. The molecule has 4 rings (SSSR count). The zero-order valence-corrected chi connectivity index (χ0v) is 17.2. The maximum Gasteiger partial charge on any atom is 0.344 e. The van der Waals surface area contributed by atoms with Crippen molar-refractivity contribution in [3.05, 3.63) is 69.9 Å². The molecule has 0 bridgehead atoms. The van der Waals surface area contributed by atoms with Crippen molar-refractivity contribution in [3.8, 4) is 11.3 Å². The fraction of sp³-hybridized carbons (Fsp3) is 0.261. The Morgan fingerprint density at radius 2 is 1.64 bits per heavy atom. The van der Waals surface area contributed by atoms with Gasteiger partial charge >= 0.3 is 11.9 Å². The van der Waals surface area contributed by atoms with E-state index in [1.54, 1.807) is 37.3 Å². The molecule has 1 aromatic heterocycles. The number of esters is 1. The molecule has 0 radical (unpaired) electrons. The van der Waals surface area contributed by atoms with Gasteiger partial charge in [-0.15, -0.1) is 0 Å². The minimum absolute atomic E-state index is 0.0716. The van der Waals surface area contributed by atoms with E-state index in [1.165, 1.54) is 18.2 Å². The van der Waals surface area contributed by atoms with Crippen molar-refractivity contribution in [3.63, 3.8) is 0 Å². The maximum absolute atomic E-state index is 12.9.